The number of halogens is 2. The zero-order valence-corrected chi connectivity index (χ0v) is 17.6. The molecule has 31 heavy (non-hydrogen) atoms. The molecule has 0 aromatic heterocycles. The van der Waals surface area contributed by atoms with E-state index in [9.17, 15) is 18.7 Å². The molecule has 1 heterocycles. The Bertz CT molecular complexity index is 1000. The maximum atomic E-state index is 13.8. The van der Waals surface area contributed by atoms with Gasteiger partial charge >= 0.3 is 6.03 Å². The summed E-state index contributed by atoms with van der Waals surface area (Å²) in [6.07, 6.45) is 2.98. The zero-order chi connectivity index (χ0) is 22.3. The molecule has 2 amide bonds. The van der Waals surface area contributed by atoms with Crippen LogP contribution in [0.4, 0.5) is 19.3 Å². The second-order valence-electron chi connectivity index (χ2n) is 8.52. The normalized spacial score (nSPS) is 25.8. The molecular weight excluding hydrogens is 404 g/mol. The largest absolute Gasteiger partial charge is 0.504 e. The number of methoxy groups -OCH3 is 1. The van der Waals surface area contributed by atoms with Crippen LogP contribution in [0.25, 0.3) is 0 Å². The van der Waals surface area contributed by atoms with Crippen molar-refractivity contribution in [3.63, 3.8) is 0 Å². The van der Waals surface area contributed by atoms with Gasteiger partial charge in [-0.15, -0.1) is 0 Å². The maximum Gasteiger partial charge on any atom is 0.319 e. The number of rotatable bonds is 4. The SMILES string of the molecule is COc1ccc([C@@]23CC[C@@H](N(C(N)=O)c4ccc(F)c(F)c4)C[C@@H]2N(C)CC3)cc1O. The van der Waals surface area contributed by atoms with E-state index >= 15 is 0 Å². The van der Waals surface area contributed by atoms with Crippen LogP contribution in [0.1, 0.15) is 31.2 Å². The van der Waals surface area contributed by atoms with E-state index in [0.29, 0.717) is 18.6 Å². The van der Waals surface area contributed by atoms with Crippen LogP contribution in [0.2, 0.25) is 0 Å². The fraction of sp³-hybridized carbons (Fsp3) is 0.435. The van der Waals surface area contributed by atoms with Crippen LogP contribution in [0.5, 0.6) is 11.5 Å². The summed E-state index contributed by atoms with van der Waals surface area (Å²) in [6.45, 7) is 0.881. The van der Waals surface area contributed by atoms with E-state index < -0.39 is 17.7 Å². The van der Waals surface area contributed by atoms with E-state index in [1.54, 1.807) is 12.1 Å². The van der Waals surface area contributed by atoms with Gasteiger partial charge in [-0.1, -0.05) is 6.07 Å². The number of hydrogen-bond donors (Lipinski definition) is 2. The number of anilines is 1. The fourth-order valence-electron chi connectivity index (χ4n) is 5.49. The Balaban J connectivity index is 1.66. The Kier molecular flexibility index (Phi) is 5.51. The number of likely N-dealkylation sites (N-methyl/N-ethyl adjacent to an activating group) is 1. The standard InChI is InChI=1S/C23H27F2N3O3/c1-27-10-9-23(14-3-6-20(31-2)19(29)11-14)8-7-16(13-21(23)27)28(22(26)30)15-4-5-17(24)18(25)12-15/h3-6,11-12,16,21,29H,7-10,13H2,1-2H3,(H2,26,30)/t16-,21+,23+/m1/s1. The minimum atomic E-state index is -1.01. The second-order valence-corrected chi connectivity index (χ2v) is 8.52. The van der Waals surface area contributed by atoms with Crippen LogP contribution < -0.4 is 15.4 Å². The molecule has 1 saturated carbocycles. The molecule has 166 valence electrons. The van der Waals surface area contributed by atoms with Crippen molar-refractivity contribution in [2.45, 2.75) is 43.2 Å². The van der Waals surface area contributed by atoms with Gasteiger partial charge in [0.25, 0.3) is 0 Å². The number of ether oxygens (including phenoxy) is 1. The number of aromatic hydroxyl groups is 1. The third-order valence-electron chi connectivity index (χ3n) is 7.04. The van der Waals surface area contributed by atoms with Crippen molar-refractivity contribution in [1.29, 1.82) is 0 Å². The number of hydrogen-bond acceptors (Lipinski definition) is 4. The molecule has 3 N–H and O–H groups in total. The third-order valence-corrected chi connectivity index (χ3v) is 7.04. The van der Waals surface area contributed by atoms with Crippen molar-refractivity contribution in [3.05, 3.63) is 53.6 Å². The highest BCUT2D eigenvalue weighted by Crippen LogP contribution is 2.50. The summed E-state index contributed by atoms with van der Waals surface area (Å²) in [5.41, 5.74) is 6.79. The maximum absolute atomic E-state index is 13.8. The second kappa shape index (κ2) is 8.00. The van der Waals surface area contributed by atoms with Gasteiger partial charge in [0.05, 0.1) is 7.11 Å². The first kappa shape index (κ1) is 21.4. The molecule has 0 bridgehead atoms. The van der Waals surface area contributed by atoms with Gasteiger partial charge in [-0.2, -0.15) is 0 Å². The number of carbonyl (C=O) groups excluding carboxylic acids is 1. The summed E-state index contributed by atoms with van der Waals surface area (Å²) in [7, 11) is 3.56. The summed E-state index contributed by atoms with van der Waals surface area (Å²) in [5.74, 6) is -1.45. The van der Waals surface area contributed by atoms with E-state index in [1.807, 2.05) is 13.1 Å². The number of primary amides is 1. The Hall–Kier alpha value is -2.87. The van der Waals surface area contributed by atoms with Crippen molar-refractivity contribution in [2.75, 3.05) is 25.6 Å². The number of phenols is 1. The summed E-state index contributed by atoms with van der Waals surface area (Å²) in [5, 5.41) is 10.3. The average Bonchev–Trinajstić information content (AvgIpc) is 3.08. The minimum Gasteiger partial charge on any atom is -0.504 e. The van der Waals surface area contributed by atoms with Crippen LogP contribution in [-0.2, 0) is 5.41 Å². The topological polar surface area (TPSA) is 79.0 Å². The van der Waals surface area contributed by atoms with Crippen LogP contribution in [0, 0.1) is 11.6 Å². The molecule has 3 atom stereocenters. The summed E-state index contributed by atoms with van der Waals surface area (Å²) < 4.78 is 32.4. The predicted octanol–water partition coefficient (Wildman–Crippen LogP) is 3.76. The molecule has 2 aromatic rings. The molecule has 6 nitrogen and oxygen atoms in total. The number of benzene rings is 2. The lowest BCUT2D eigenvalue weighted by Crippen LogP contribution is -2.54. The van der Waals surface area contributed by atoms with E-state index in [2.05, 4.69) is 4.90 Å². The number of urea groups is 1. The molecular formula is C23H27F2N3O3. The smallest absolute Gasteiger partial charge is 0.319 e. The van der Waals surface area contributed by atoms with Crippen molar-refractivity contribution in [1.82, 2.24) is 4.90 Å². The Morgan fingerprint density at radius 3 is 2.65 bits per heavy atom. The first-order chi connectivity index (χ1) is 14.8. The molecule has 2 fully saturated rings. The van der Waals surface area contributed by atoms with E-state index in [-0.39, 0.29) is 28.9 Å². The number of nitrogens with zero attached hydrogens (tertiary/aromatic N) is 2. The molecule has 0 unspecified atom stereocenters. The molecule has 1 aliphatic heterocycles. The number of phenolic OH excluding ortho intramolecular Hbond substituents is 1. The minimum absolute atomic E-state index is 0.102. The van der Waals surface area contributed by atoms with Gasteiger partial charge in [0.1, 0.15) is 0 Å². The Morgan fingerprint density at radius 1 is 1.23 bits per heavy atom. The summed E-state index contributed by atoms with van der Waals surface area (Å²) >= 11 is 0. The Labute approximate surface area is 180 Å². The summed E-state index contributed by atoms with van der Waals surface area (Å²) in [4.78, 5) is 15.9. The van der Waals surface area contributed by atoms with Crippen LogP contribution in [-0.4, -0.2) is 48.8 Å². The van der Waals surface area contributed by atoms with Crippen molar-refractivity contribution >= 4 is 11.7 Å². The van der Waals surface area contributed by atoms with Gasteiger partial charge in [-0.25, -0.2) is 13.6 Å². The summed E-state index contributed by atoms with van der Waals surface area (Å²) in [6, 6.07) is 8.11. The average molecular weight is 431 g/mol. The highest BCUT2D eigenvalue weighted by molar-refractivity contribution is 5.91. The quantitative estimate of drug-likeness (QED) is 0.773. The third kappa shape index (κ3) is 3.59. The van der Waals surface area contributed by atoms with E-state index in [0.717, 1.165) is 37.1 Å². The molecule has 2 aliphatic rings. The van der Waals surface area contributed by atoms with Crippen molar-refractivity contribution in [2.24, 2.45) is 5.73 Å². The number of carbonyl (C=O) groups is 1. The first-order valence-corrected chi connectivity index (χ1v) is 10.4. The molecule has 0 radical (unpaired) electrons. The predicted molar refractivity (Wildman–Crippen MR) is 113 cm³/mol. The molecule has 1 saturated heterocycles. The molecule has 2 aromatic carbocycles. The van der Waals surface area contributed by atoms with Crippen LogP contribution in [0.15, 0.2) is 36.4 Å². The van der Waals surface area contributed by atoms with Gasteiger partial charge in [0.15, 0.2) is 23.1 Å². The molecule has 8 heteroatoms. The fourth-order valence-corrected chi connectivity index (χ4v) is 5.49. The van der Waals surface area contributed by atoms with Gasteiger partial charge in [-0.3, -0.25) is 4.90 Å². The number of fused-ring (bicyclic) bond motifs is 1. The number of likely N-dealkylation sites (tertiary alicyclic amines) is 1. The lowest BCUT2D eigenvalue weighted by molar-refractivity contribution is 0.164. The highest BCUT2D eigenvalue weighted by atomic mass is 19.2. The monoisotopic (exact) mass is 431 g/mol. The lowest BCUT2D eigenvalue weighted by atomic mass is 9.64. The first-order valence-electron chi connectivity index (χ1n) is 10.4. The molecule has 1 aliphatic carbocycles. The zero-order valence-electron chi connectivity index (χ0n) is 17.6. The van der Waals surface area contributed by atoms with Crippen molar-refractivity contribution < 1.29 is 23.4 Å². The molecule has 4 rings (SSSR count). The van der Waals surface area contributed by atoms with Gasteiger partial charge in [0.2, 0.25) is 0 Å². The lowest BCUT2D eigenvalue weighted by Gasteiger charge is -2.47. The van der Waals surface area contributed by atoms with Gasteiger partial charge < -0.3 is 20.5 Å². The van der Waals surface area contributed by atoms with Gasteiger partial charge in [0, 0.05) is 29.3 Å². The molecule has 0 spiro atoms. The van der Waals surface area contributed by atoms with E-state index in [4.69, 9.17) is 10.5 Å². The van der Waals surface area contributed by atoms with Crippen molar-refractivity contribution in [3.8, 4) is 11.5 Å². The van der Waals surface area contributed by atoms with E-state index in [1.165, 1.54) is 18.1 Å². The number of amides is 2. The highest BCUT2D eigenvalue weighted by Gasteiger charge is 2.51. The Morgan fingerprint density at radius 2 is 2.00 bits per heavy atom. The van der Waals surface area contributed by atoms with Gasteiger partial charge in [-0.05, 0) is 69.1 Å². The van der Waals surface area contributed by atoms with Crippen LogP contribution >= 0.6 is 0 Å². The van der Waals surface area contributed by atoms with Crippen LogP contribution in [0.3, 0.4) is 0 Å². The number of nitrogens with two attached hydrogens (primary N) is 1.